The Morgan fingerprint density at radius 1 is 0.455 bits per heavy atom. The average Bonchev–Trinajstić information content (AvgIpc) is 3.46. The van der Waals surface area contributed by atoms with Gasteiger partial charge in [0.1, 0.15) is 0 Å². The standard InChI is InChI=1S/C38H34N6/c1-37(2)27-13-5-7-15-29(27)43-35(37)25-21-39-31-17-9-11-19-33(31)41-23-26(24-42-34-20-12-10-18-32(34)40-22-25)36-38(3,4)28-14-6-8-16-30(28)44-36/h5-24,39,42H,1-4H3/b25-21+,26-24+,40-22?,41-23?. The Bertz CT molecular complexity index is 1830. The van der Waals surface area contributed by atoms with Crippen LogP contribution in [-0.2, 0) is 10.8 Å². The van der Waals surface area contributed by atoms with E-state index in [0.717, 1.165) is 56.7 Å². The molecule has 0 aliphatic carbocycles. The topological polar surface area (TPSA) is 73.5 Å². The van der Waals surface area contributed by atoms with Crippen molar-refractivity contribution in [3.8, 4) is 0 Å². The third-order valence-electron chi connectivity index (χ3n) is 8.61. The predicted octanol–water partition coefficient (Wildman–Crippen LogP) is 9.52. The zero-order valence-electron chi connectivity index (χ0n) is 25.3. The fourth-order valence-corrected chi connectivity index (χ4v) is 6.16. The molecule has 2 N–H and O–H groups in total. The summed E-state index contributed by atoms with van der Waals surface area (Å²) in [6, 6.07) is 32.8. The van der Waals surface area contributed by atoms with Crippen LogP contribution in [0.25, 0.3) is 0 Å². The van der Waals surface area contributed by atoms with Crippen LogP contribution in [-0.4, -0.2) is 23.9 Å². The number of hydrogen-bond acceptors (Lipinski definition) is 6. The number of anilines is 2. The molecule has 3 aliphatic heterocycles. The van der Waals surface area contributed by atoms with E-state index >= 15 is 0 Å². The molecule has 3 aliphatic rings. The molecule has 0 saturated heterocycles. The molecule has 44 heavy (non-hydrogen) atoms. The van der Waals surface area contributed by atoms with Gasteiger partial charge in [0.05, 0.1) is 45.5 Å². The molecular formula is C38H34N6. The molecule has 0 atom stereocenters. The number of rotatable bonds is 2. The maximum Gasteiger partial charge on any atom is 0.0864 e. The molecule has 0 saturated carbocycles. The van der Waals surface area contributed by atoms with Crippen LogP contribution in [0.2, 0.25) is 0 Å². The van der Waals surface area contributed by atoms with Crippen LogP contribution in [0.1, 0.15) is 38.8 Å². The Morgan fingerprint density at radius 2 is 0.818 bits per heavy atom. The van der Waals surface area contributed by atoms with Crippen molar-refractivity contribution >= 4 is 58.0 Å². The number of nitrogens with zero attached hydrogens (tertiary/aromatic N) is 4. The number of nitrogens with one attached hydrogen (secondary N) is 2. The largest absolute Gasteiger partial charge is 0.359 e. The van der Waals surface area contributed by atoms with Gasteiger partial charge >= 0.3 is 0 Å². The number of allylic oxidation sites excluding steroid dienone is 2. The smallest absolute Gasteiger partial charge is 0.0864 e. The van der Waals surface area contributed by atoms with Crippen molar-refractivity contribution in [2.24, 2.45) is 20.0 Å². The van der Waals surface area contributed by atoms with Crippen molar-refractivity contribution in [3.05, 3.63) is 132 Å². The van der Waals surface area contributed by atoms with Gasteiger partial charge in [0.15, 0.2) is 0 Å². The van der Waals surface area contributed by atoms with Gasteiger partial charge in [-0.3, -0.25) is 20.0 Å². The molecule has 3 heterocycles. The highest BCUT2D eigenvalue weighted by Gasteiger charge is 2.37. The summed E-state index contributed by atoms with van der Waals surface area (Å²) in [4.78, 5) is 20.1. The summed E-state index contributed by atoms with van der Waals surface area (Å²) in [6.45, 7) is 8.85. The van der Waals surface area contributed by atoms with E-state index in [1.54, 1.807) is 0 Å². The molecule has 4 aromatic rings. The summed E-state index contributed by atoms with van der Waals surface area (Å²) < 4.78 is 0. The quantitative estimate of drug-likeness (QED) is 0.250. The lowest BCUT2D eigenvalue weighted by Gasteiger charge is -2.23. The maximum absolute atomic E-state index is 5.08. The van der Waals surface area contributed by atoms with Crippen molar-refractivity contribution in [3.63, 3.8) is 0 Å². The monoisotopic (exact) mass is 574 g/mol. The van der Waals surface area contributed by atoms with E-state index in [2.05, 4.69) is 74.7 Å². The first-order valence-electron chi connectivity index (χ1n) is 14.9. The second-order valence-electron chi connectivity index (χ2n) is 12.2. The van der Waals surface area contributed by atoms with E-state index in [1.807, 2.05) is 85.5 Å². The van der Waals surface area contributed by atoms with E-state index in [-0.39, 0.29) is 10.8 Å². The lowest BCUT2D eigenvalue weighted by atomic mass is 9.79. The van der Waals surface area contributed by atoms with Crippen molar-refractivity contribution in [1.82, 2.24) is 0 Å². The fraction of sp³-hybridized carbons (Fsp3) is 0.158. The summed E-state index contributed by atoms with van der Waals surface area (Å²) in [5, 5.41) is 7.07. The van der Waals surface area contributed by atoms with Gasteiger partial charge < -0.3 is 10.6 Å². The SMILES string of the molecule is CC1(C)C(/C2=C/Nc3ccccc3N=C/C(C3=Nc4ccccc4C3(C)C)=C\Nc3ccccc3N=C2)=Nc2ccccc21. The van der Waals surface area contributed by atoms with Crippen LogP contribution < -0.4 is 10.6 Å². The first-order chi connectivity index (χ1) is 21.3. The van der Waals surface area contributed by atoms with Crippen molar-refractivity contribution in [1.29, 1.82) is 0 Å². The third-order valence-corrected chi connectivity index (χ3v) is 8.61. The Morgan fingerprint density at radius 3 is 1.23 bits per heavy atom. The zero-order chi connectivity index (χ0) is 30.3. The number of para-hydroxylation sites is 6. The molecule has 4 aromatic carbocycles. The van der Waals surface area contributed by atoms with E-state index < -0.39 is 0 Å². The highest BCUT2D eigenvalue weighted by molar-refractivity contribution is 6.24. The molecule has 0 fully saturated rings. The Labute approximate surface area is 258 Å². The molecule has 0 unspecified atom stereocenters. The number of fused-ring (bicyclic) bond motifs is 4. The summed E-state index contributed by atoms with van der Waals surface area (Å²) in [5.74, 6) is 0. The second kappa shape index (κ2) is 10.7. The van der Waals surface area contributed by atoms with Crippen molar-refractivity contribution in [2.75, 3.05) is 10.6 Å². The summed E-state index contributed by atoms with van der Waals surface area (Å²) in [5.41, 5.74) is 10.9. The lowest BCUT2D eigenvalue weighted by Crippen LogP contribution is -2.28. The number of hydrogen-bond donors (Lipinski definition) is 2. The van der Waals surface area contributed by atoms with Gasteiger partial charge in [-0.25, -0.2) is 0 Å². The molecule has 0 radical (unpaired) electrons. The second-order valence-corrected chi connectivity index (χ2v) is 12.2. The van der Waals surface area contributed by atoms with Crippen molar-refractivity contribution in [2.45, 2.75) is 38.5 Å². The normalized spacial score (nSPS) is 20.1. The van der Waals surface area contributed by atoms with Gasteiger partial charge in [0.2, 0.25) is 0 Å². The highest BCUT2D eigenvalue weighted by Crippen LogP contribution is 2.43. The van der Waals surface area contributed by atoms with Gasteiger partial charge in [-0.1, -0.05) is 88.4 Å². The van der Waals surface area contributed by atoms with E-state index in [4.69, 9.17) is 20.0 Å². The number of aliphatic imine (C=N–C) groups is 4. The van der Waals surface area contributed by atoms with Gasteiger partial charge in [-0.05, 0) is 47.5 Å². The highest BCUT2D eigenvalue weighted by atomic mass is 14.9. The molecule has 0 bridgehead atoms. The molecule has 0 spiro atoms. The van der Waals surface area contributed by atoms with E-state index in [9.17, 15) is 0 Å². The zero-order valence-corrected chi connectivity index (χ0v) is 25.3. The molecule has 7 rings (SSSR count). The summed E-state index contributed by atoms with van der Waals surface area (Å²) >= 11 is 0. The Hall–Kier alpha value is -5.36. The van der Waals surface area contributed by atoms with E-state index in [1.165, 1.54) is 11.1 Å². The molecular weight excluding hydrogens is 540 g/mol. The minimum Gasteiger partial charge on any atom is -0.359 e. The van der Waals surface area contributed by atoms with Crippen LogP contribution in [0.5, 0.6) is 0 Å². The minimum absolute atomic E-state index is 0.291. The third kappa shape index (κ3) is 4.78. The Kier molecular flexibility index (Phi) is 6.70. The van der Waals surface area contributed by atoms with Gasteiger partial charge in [-0.15, -0.1) is 0 Å². The lowest BCUT2D eigenvalue weighted by molar-refractivity contribution is 0.738. The first-order valence-corrected chi connectivity index (χ1v) is 14.9. The fourth-order valence-electron chi connectivity index (χ4n) is 6.16. The van der Waals surface area contributed by atoms with Crippen LogP contribution in [0.3, 0.4) is 0 Å². The summed E-state index contributed by atoms with van der Waals surface area (Å²) in [7, 11) is 0. The molecule has 216 valence electrons. The first kappa shape index (κ1) is 27.5. The minimum atomic E-state index is -0.291. The Balaban J connectivity index is 1.35. The average molecular weight is 575 g/mol. The van der Waals surface area contributed by atoms with Crippen molar-refractivity contribution < 1.29 is 0 Å². The van der Waals surface area contributed by atoms with Gasteiger partial charge in [0, 0.05) is 46.8 Å². The van der Waals surface area contributed by atoms with Crippen LogP contribution in [0.15, 0.2) is 141 Å². The molecule has 6 heteroatoms. The van der Waals surface area contributed by atoms with Crippen LogP contribution in [0.4, 0.5) is 34.1 Å². The number of benzene rings is 4. The van der Waals surface area contributed by atoms with Crippen LogP contribution >= 0.6 is 0 Å². The van der Waals surface area contributed by atoms with E-state index in [0.29, 0.717) is 0 Å². The predicted molar refractivity (Wildman–Crippen MR) is 186 cm³/mol. The molecule has 0 aromatic heterocycles. The van der Waals surface area contributed by atoms with Gasteiger partial charge in [-0.2, -0.15) is 0 Å². The van der Waals surface area contributed by atoms with Crippen LogP contribution in [0, 0.1) is 0 Å². The summed E-state index contributed by atoms with van der Waals surface area (Å²) in [6.07, 6.45) is 7.79. The maximum atomic E-state index is 5.08. The van der Waals surface area contributed by atoms with Gasteiger partial charge in [0.25, 0.3) is 0 Å². The molecule has 0 amide bonds. The molecule has 6 nitrogen and oxygen atoms in total.